The molecule has 0 aliphatic carbocycles. The van der Waals surface area contributed by atoms with E-state index in [4.69, 9.17) is 5.11 Å². The molecule has 0 saturated carbocycles. The molecule has 0 heterocycles. The number of hydrogen-bond donors (Lipinski definition) is 1. The Kier molecular flexibility index (Phi) is 4.79. The molecule has 0 bridgehead atoms. The fourth-order valence-corrected chi connectivity index (χ4v) is 1.97. The Morgan fingerprint density at radius 2 is 2.22 bits per heavy atom. The molecule has 1 aromatic carbocycles. The summed E-state index contributed by atoms with van der Waals surface area (Å²) in [5.74, 6) is -0.915. The van der Waals surface area contributed by atoms with Crippen LogP contribution in [0.15, 0.2) is 24.3 Å². The SMILES string of the molecule is CCC(c1cccc([N+](=O)[O-])c1)N(C)CC(=O)O. The molecule has 0 radical (unpaired) electrons. The van der Waals surface area contributed by atoms with Gasteiger partial charge in [0.1, 0.15) is 0 Å². The fraction of sp³-hybridized carbons (Fsp3) is 0.417. The minimum Gasteiger partial charge on any atom is -0.480 e. The second-order valence-electron chi connectivity index (χ2n) is 4.08. The molecule has 0 fully saturated rings. The van der Waals surface area contributed by atoms with Crippen LogP contribution < -0.4 is 0 Å². The van der Waals surface area contributed by atoms with Gasteiger partial charge in [0.2, 0.25) is 0 Å². The molecule has 1 N–H and O–H groups in total. The van der Waals surface area contributed by atoms with E-state index in [2.05, 4.69) is 0 Å². The number of aliphatic carboxylic acids is 1. The molecular formula is C12H16N2O4. The molecule has 1 rings (SSSR count). The lowest BCUT2D eigenvalue weighted by Gasteiger charge is -2.25. The van der Waals surface area contributed by atoms with E-state index in [1.54, 1.807) is 24.1 Å². The highest BCUT2D eigenvalue weighted by Gasteiger charge is 2.19. The van der Waals surface area contributed by atoms with E-state index in [-0.39, 0.29) is 18.3 Å². The lowest BCUT2D eigenvalue weighted by Crippen LogP contribution is -2.29. The number of non-ortho nitro benzene ring substituents is 1. The standard InChI is InChI=1S/C12H16N2O4/c1-3-11(13(2)8-12(15)16)9-5-4-6-10(7-9)14(17)18/h4-7,11H,3,8H2,1-2H3,(H,15,16). The largest absolute Gasteiger partial charge is 0.480 e. The molecule has 1 atom stereocenters. The minimum absolute atomic E-state index is 0.0228. The van der Waals surface area contributed by atoms with Crippen LogP contribution in [0.1, 0.15) is 24.9 Å². The summed E-state index contributed by atoms with van der Waals surface area (Å²) in [4.78, 5) is 22.6. The van der Waals surface area contributed by atoms with Crippen molar-refractivity contribution >= 4 is 11.7 Å². The molecule has 18 heavy (non-hydrogen) atoms. The maximum Gasteiger partial charge on any atom is 0.317 e. The van der Waals surface area contributed by atoms with Crippen molar-refractivity contribution in [3.8, 4) is 0 Å². The van der Waals surface area contributed by atoms with Crippen LogP contribution in [0.3, 0.4) is 0 Å². The first-order valence-electron chi connectivity index (χ1n) is 5.62. The van der Waals surface area contributed by atoms with Gasteiger partial charge in [-0.2, -0.15) is 0 Å². The fourth-order valence-electron chi connectivity index (χ4n) is 1.97. The normalized spacial score (nSPS) is 12.4. The summed E-state index contributed by atoms with van der Waals surface area (Å²) in [6, 6.07) is 6.17. The Labute approximate surface area is 105 Å². The van der Waals surface area contributed by atoms with Gasteiger partial charge in [0, 0.05) is 18.2 Å². The van der Waals surface area contributed by atoms with Crippen LogP contribution in [0.4, 0.5) is 5.69 Å². The van der Waals surface area contributed by atoms with E-state index in [0.29, 0.717) is 6.42 Å². The number of nitrogens with zero attached hydrogens (tertiary/aromatic N) is 2. The van der Waals surface area contributed by atoms with E-state index >= 15 is 0 Å². The van der Waals surface area contributed by atoms with E-state index in [1.165, 1.54) is 12.1 Å². The van der Waals surface area contributed by atoms with Crippen molar-refractivity contribution in [2.45, 2.75) is 19.4 Å². The number of carboxylic acids is 1. The van der Waals surface area contributed by atoms with Crippen LogP contribution in [0.2, 0.25) is 0 Å². The quantitative estimate of drug-likeness (QED) is 0.618. The van der Waals surface area contributed by atoms with Crippen LogP contribution in [0, 0.1) is 10.1 Å². The first-order valence-corrected chi connectivity index (χ1v) is 5.62. The van der Waals surface area contributed by atoms with Crippen LogP contribution in [0.25, 0.3) is 0 Å². The maximum atomic E-state index is 10.7. The van der Waals surface area contributed by atoms with Crippen molar-refractivity contribution in [1.82, 2.24) is 4.90 Å². The number of likely N-dealkylation sites (N-methyl/N-ethyl adjacent to an activating group) is 1. The van der Waals surface area contributed by atoms with Gasteiger partial charge in [0.25, 0.3) is 5.69 Å². The number of nitro benzene ring substituents is 1. The smallest absolute Gasteiger partial charge is 0.317 e. The topological polar surface area (TPSA) is 83.7 Å². The summed E-state index contributed by atoms with van der Waals surface area (Å²) >= 11 is 0. The molecule has 0 amide bonds. The molecular weight excluding hydrogens is 236 g/mol. The first kappa shape index (κ1) is 14.1. The molecule has 0 aromatic heterocycles. The lowest BCUT2D eigenvalue weighted by molar-refractivity contribution is -0.384. The Bertz CT molecular complexity index is 447. The summed E-state index contributed by atoms with van der Waals surface area (Å²) < 4.78 is 0. The molecule has 0 saturated heterocycles. The number of benzene rings is 1. The van der Waals surface area contributed by atoms with Crippen LogP contribution in [0.5, 0.6) is 0 Å². The third-order valence-electron chi connectivity index (χ3n) is 2.77. The van der Waals surface area contributed by atoms with Gasteiger partial charge in [0.05, 0.1) is 11.5 Å². The van der Waals surface area contributed by atoms with Gasteiger partial charge in [-0.15, -0.1) is 0 Å². The highest BCUT2D eigenvalue weighted by Crippen LogP contribution is 2.25. The molecule has 98 valence electrons. The molecule has 1 aromatic rings. The second-order valence-corrected chi connectivity index (χ2v) is 4.08. The zero-order valence-corrected chi connectivity index (χ0v) is 10.4. The number of rotatable bonds is 6. The average Bonchev–Trinajstić information content (AvgIpc) is 2.29. The van der Waals surface area contributed by atoms with E-state index in [0.717, 1.165) is 5.56 Å². The van der Waals surface area contributed by atoms with Gasteiger partial charge in [-0.3, -0.25) is 19.8 Å². The zero-order chi connectivity index (χ0) is 13.7. The van der Waals surface area contributed by atoms with Gasteiger partial charge < -0.3 is 5.11 Å². The van der Waals surface area contributed by atoms with Gasteiger partial charge in [-0.25, -0.2) is 0 Å². The number of hydrogen-bond acceptors (Lipinski definition) is 4. The Morgan fingerprint density at radius 3 is 2.72 bits per heavy atom. The van der Waals surface area contributed by atoms with Crippen molar-refractivity contribution in [2.24, 2.45) is 0 Å². The Hall–Kier alpha value is -1.95. The van der Waals surface area contributed by atoms with Crippen molar-refractivity contribution in [3.05, 3.63) is 39.9 Å². The van der Waals surface area contributed by atoms with Crippen LogP contribution >= 0.6 is 0 Å². The molecule has 0 aliphatic heterocycles. The van der Waals surface area contributed by atoms with E-state index < -0.39 is 10.9 Å². The third-order valence-corrected chi connectivity index (χ3v) is 2.77. The van der Waals surface area contributed by atoms with Gasteiger partial charge >= 0.3 is 5.97 Å². The number of carboxylic acid groups (broad SMARTS) is 1. The van der Waals surface area contributed by atoms with Crippen LogP contribution in [-0.4, -0.2) is 34.5 Å². The maximum absolute atomic E-state index is 10.7. The molecule has 6 nitrogen and oxygen atoms in total. The minimum atomic E-state index is -0.915. The molecule has 0 aliphatic rings. The average molecular weight is 252 g/mol. The van der Waals surface area contributed by atoms with Gasteiger partial charge in [-0.05, 0) is 19.0 Å². The highest BCUT2D eigenvalue weighted by atomic mass is 16.6. The van der Waals surface area contributed by atoms with Crippen molar-refractivity contribution < 1.29 is 14.8 Å². The Balaban J connectivity index is 2.97. The van der Waals surface area contributed by atoms with E-state index in [9.17, 15) is 14.9 Å². The molecule has 0 spiro atoms. The lowest BCUT2D eigenvalue weighted by atomic mass is 10.0. The van der Waals surface area contributed by atoms with Crippen LogP contribution in [-0.2, 0) is 4.79 Å². The predicted octanol–water partition coefficient (Wildman–Crippen LogP) is 2.06. The summed E-state index contributed by atoms with van der Waals surface area (Å²) in [7, 11) is 1.70. The van der Waals surface area contributed by atoms with Crippen molar-refractivity contribution in [3.63, 3.8) is 0 Å². The van der Waals surface area contributed by atoms with E-state index in [1.807, 2.05) is 6.92 Å². The molecule has 1 unspecified atom stereocenters. The molecule has 6 heteroatoms. The zero-order valence-electron chi connectivity index (χ0n) is 10.4. The third kappa shape index (κ3) is 3.53. The Morgan fingerprint density at radius 1 is 1.56 bits per heavy atom. The summed E-state index contributed by atoms with van der Waals surface area (Å²) in [6.45, 7) is 1.82. The van der Waals surface area contributed by atoms with Gasteiger partial charge in [0.15, 0.2) is 0 Å². The number of nitro groups is 1. The van der Waals surface area contributed by atoms with Crippen molar-refractivity contribution in [1.29, 1.82) is 0 Å². The van der Waals surface area contributed by atoms with Crippen molar-refractivity contribution in [2.75, 3.05) is 13.6 Å². The van der Waals surface area contributed by atoms with Gasteiger partial charge in [-0.1, -0.05) is 19.1 Å². The highest BCUT2D eigenvalue weighted by molar-refractivity contribution is 5.69. The predicted molar refractivity (Wildman–Crippen MR) is 66.4 cm³/mol. The monoisotopic (exact) mass is 252 g/mol. The number of carbonyl (C=O) groups is 1. The summed E-state index contributed by atoms with van der Waals surface area (Å²) in [6.07, 6.45) is 0.685. The second kappa shape index (κ2) is 6.11. The summed E-state index contributed by atoms with van der Waals surface area (Å²) in [5, 5.41) is 19.5. The summed E-state index contributed by atoms with van der Waals surface area (Å²) in [5.41, 5.74) is 0.783. The first-order chi connectivity index (χ1) is 8.45.